The molecule has 5 nitrogen and oxygen atoms in total. The minimum absolute atomic E-state index is 0.149. The Labute approximate surface area is 128 Å². The summed E-state index contributed by atoms with van der Waals surface area (Å²) >= 11 is 6.00. The lowest BCUT2D eigenvalue weighted by Gasteiger charge is -1.99. The molecule has 2 heterocycles. The number of halogens is 2. The normalized spacial score (nSPS) is 11.4. The standard InChI is InChI=1S/C15H8ClFN4O/c16-8-5-6-12-10(7-8)14-19-13(20-21(14)15(22)18-12)9-3-1-2-4-11(9)17/h1-7H,(H,18,22). The van der Waals surface area contributed by atoms with Gasteiger partial charge in [-0.2, -0.15) is 4.52 Å². The maximum Gasteiger partial charge on any atom is 0.348 e. The predicted molar refractivity (Wildman–Crippen MR) is 81.5 cm³/mol. The van der Waals surface area contributed by atoms with E-state index in [0.29, 0.717) is 21.6 Å². The van der Waals surface area contributed by atoms with Gasteiger partial charge >= 0.3 is 5.69 Å². The molecule has 0 saturated carbocycles. The summed E-state index contributed by atoms with van der Waals surface area (Å²) in [5.41, 5.74) is 0.717. The van der Waals surface area contributed by atoms with Crippen molar-refractivity contribution in [3.8, 4) is 11.4 Å². The van der Waals surface area contributed by atoms with Gasteiger partial charge in [0.2, 0.25) is 0 Å². The molecule has 22 heavy (non-hydrogen) atoms. The van der Waals surface area contributed by atoms with Crippen molar-refractivity contribution in [3.05, 3.63) is 63.8 Å². The van der Waals surface area contributed by atoms with E-state index in [4.69, 9.17) is 11.6 Å². The van der Waals surface area contributed by atoms with E-state index >= 15 is 0 Å². The fourth-order valence-corrected chi connectivity index (χ4v) is 2.54. The second-order valence-electron chi connectivity index (χ2n) is 4.77. The molecule has 4 aromatic rings. The summed E-state index contributed by atoms with van der Waals surface area (Å²) < 4.78 is 15.0. The molecular weight excluding hydrogens is 307 g/mol. The van der Waals surface area contributed by atoms with Crippen molar-refractivity contribution < 1.29 is 4.39 Å². The van der Waals surface area contributed by atoms with Crippen LogP contribution in [0.5, 0.6) is 0 Å². The van der Waals surface area contributed by atoms with E-state index in [-0.39, 0.29) is 11.4 Å². The van der Waals surface area contributed by atoms with Crippen molar-refractivity contribution >= 4 is 28.2 Å². The molecule has 0 saturated heterocycles. The molecule has 0 aliphatic carbocycles. The number of nitrogens with zero attached hydrogens (tertiary/aromatic N) is 3. The number of aromatic amines is 1. The third kappa shape index (κ3) is 1.88. The monoisotopic (exact) mass is 314 g/mol. The van der Waals surface area contributed by atoms with Gasteiger partial charge in [0.15, 0.2) is 11.5 Å². The molecule has 0 radical (unpaired) electrons. The second-order valence-corrected chi connectivity index (χ2v) is 5.21. The average Bonchev–Trinajstić information content (AvgIpc) is 2.94. The first kappa shape index (κ1) is 13.0. The first-order valence-electron chi connectivity index (χ1n) is 6.47. The average molecular weight is 315 g/mol. The summed E-state index contributed by atoms with van der Waals surface area (Å²) in [7, 11) is 0. The van der Waals surface area contributed by atoms with Crippen LogP contribution in [0.1, 0.15) is 0 Å². The molecule has 7 heteroatoms. The van der Waals surface area contributed by atoms with Crippen molar-refractivity contribution in [2.45, 2.75) is 0 Å². The molecule has 0 bridgehead atoms. The van der Waals surface area contributed by atoms with Crippen LogP contribution < -0.4 is 5.69 Å². The van der Waals surface area contributed by atoms with E-state index in [0.717, 1.165) is 4.52 Å². The maximum absolute atomic E-state index is 13.9. The molecule has 0 atom stereocenters. The van der Waals surface area contributed by atoms with Crippen molar-refractivity contribution in [1.29, 1.82) is 0 Å². The summed E-state index contributed by atoms with van der Waals surface area (Å²) in [6.45, 7) is 0. The highest BCUT2D eigenvalue weighted by atomic mass is 35.5. The lowest BCUT2D eigenvalue weighted by atomic mass is 10.2. The smallest absolute Gasteiger partial charge is 0.305 e. The van der Waals surface area contributed by atoms with Gasteiger partial charge in [0.1, 0.15) is 5.82 Å². The lowest BCUT2D eigenvalue weighted by molar-refractivity contribution is 0.630. The molecule has 0 aliphatic rings. The molecule has 1 N–H and O–H groups in total. The number of nitrogens with one attached hydrogen (secondary N) is 1. The fraction of sp³-hybridized carbons (Fsp3) is 0. The van der Waals surface area contributed by atoms with Crippen LogP contribution in [0.2, 0.25) is 5.02 Å². The molecule has 2 aromatic carbocycles. The molecule has 0 fully saturated rings. The Morgan fingerprint density at radius 1 is 1.18 bits per heavy atom. The molecule has 108 valence electrons. The summed E-state index contributed by atoms with van der Waals surface area (Å²) in [6.07, 6.45) is 0. The Balaban J connectivity index is 2.11. The van der Waals surface area contributed by atoms with Gasteiger partial charge in [-0.15, -0.1) is 5.10 Å². The highest BCUT2D eigenvalue weighted by Crippen LogP contribution is 2.23. The highest BCUT2D eigenvalue weighted by Gasteiger charge is 2.14. The van der Waals surface area contributed by atoms with E-state index in [2.05, 4.69) is 15.1 Å². The third-order valence-corrected chi connectivity index (χ3v) is 3.61. The van der Waals surface area contributed by atoms with Crippen LogP contribution in [0.3, 0.4) is 0 Å². The van der Waals surface area contributed by atoms with Gasteiger partial charge in [-0.3, -0.25) is 0 Å². The summed E-state index contributed by atoms with van der Waals surface area (Å²) in [6, 6.07) is 11.2. The summed E-state index contributed by atoms with van der Waals surface area (Å²) in [5, 5.41) is 5.25. The number of hydrogen-bond donors (Lipinski definition) is 1. The molecule has 0 unspecified atom stereocenters. The van der Waals surface area contributed by atoms with Gasteiger partial charge in [-0.1, -0.05) is 23.7 Å². The van der Waals surface area contributed by atoms with Crippen LogP contribution >= 0.6 is 11.6 Å². The van der Waals surface area contributed by atoms with Crippen molar-refractivity contribution in [2.24, 2.45) is 0 Å². The molecule has 4 rings (SSSR count). The maximum atomic E-state index is 13.9. The topological polar surface area (TPSA) is 63.0 Å². The van der Waals surface area contributed by atoms with Gasteiger partial charge < -0.3 is 4.98 Å². The van der Waals surface area contributed by atoms with Crippen molar-refractivity contribution in [3.63, 3.8) is 0 Å². The van der Waals surface area contributed by atoms with Crippen LogP contribution in [0.15, 0.2) is 47.3 Å². The van der Waals surface area contributed by atoms with Gasteiger partial charge in [-0.25, -0.2) is 14.2 Å². The van der Waals surface area contributed by atoms with Crippen LogP contribution in [0, 0.1) is 5.82 Å². The lowest BCUT2D eigenvalue weighted by Crippen LogP contribution is -2.17. The molecule has 0 spiro atoms. The number of rotatable bonds is 1. The summed E-state index contributed by atoms with van der Waals surface area (Å²) in [5.74, 6) is -0.298. The Morgan fingerprint density at radius 3 is 2.82 bits per heavy atom. The largest absolute Gasteiger partial charge is 0.348 e. The molecule has 0 aliphatic heterocycles. The number of benzene rings is 2. The number of H-pyrrole nitrogens is 1. The van der Waals surface area contributed by atoms with Gasteiger partial charge in [0, 0.05) is 10.4 Å². The first-order chi connectivity index (χ1) is 10.6. The van der Waals surface area contributed by atoms with Gasteiger partial charge in [-0.05, 0) is 30.3 Å². The summed E-state index contributed by atoms with van der Waals surface area (Å²) in [4.78, 5) is 19.1. The Bertz CT molecular complexity index is 1090. The third-order valence-electron chi connectivity index (χ3n) is 3.38. The van der Waals surface area contributed by atoms with E-state index in [9.17, 15) is 9.18 Å². The number of aromatic nitrogens is 4. The van der Waals surface area contributed by atoms with E-state index in [1.165, 1.54) is 6.07 Å². The molecule has 0 amide bonds. The second kappa shape index (κ2) is 4.64. The zero-order valence-electron chi connectivity index (χ0n) is 11.0. The quantitative estimate of drug-likeness (QED) is 0.587. The predicted octanol–water partition coefficient (Wildman–Crippen LogP) is 3.03. The van der Waals surface area contributed by atoms with Crippen LogP contribution in [0.25, 0.3) is 27.9 Å². The Morgan fingerprint density at radius 2 is 2.00 bits per heavy atom. The zero-order chi connectivity index (χ0) is 15.3. The SMILES string of the molecule is O=c1[nH]c2ccc(Cl)cc2c2nc(-c3ccccc3F)nn12. The number of fused-ring (bicyclic) bond motifs is 3. The Hall–Kier alpha value is -2.73. The van der Waals surface area contributed by atoms with Gasteiger partial charge in [0.25, 0.3) is 0 Å². The van der Waals surface area contributed by atoms with Crippen molar-refractivity contribution in [2.75, 3.05) is 0 Å². The van der Waals surface area contributed by atoms with Gasteiger partial charge in [0.05, 0.1) is 11.1 Å². The Kier molecular flexibility index (Phi) is 2.74. The highest BCUT2D eigenvalue weighted by molar-refractivity contribution is 6.31. The van der Waals surface area contributed by atoms with E-state index in [1.54, 1.807) is 36.4 Å². The van der Waals surface area contributed by atoms with Crippen LogP contribution in [-0.2, 0) is 0 Å². The molecular formula is C15H8ClFN4O. The van der Waals surface area contributed by atoms with Crippen LogP contribution in [0.4, 0.5) is 4.39 Å². The van der Waals surface area contributed by atoms with E-state index in [1.807, 2.05) is 0 Å². The minimum Gasteiger partial charge on any atom is -0.305 e. The van der Waals surface area contributed by atoms with Crippen molar-refractivity contribution in [1.82, 2.24) is 19.6 Å². The minimum atomic E-state index is -0.447. The first-order valence-corrected chi connectivity index (χ1v) is 6.84. The van der Waals surface area contributed by atoms with Crippen LogP contribution in [-0.4, -0.2) is 19.6 Å². The fourth-order valence-electron chi connectivity index (χ4n) is 2.36. The molecule has 2 aromatic heterocycles. The van der Waals surface area contributed by atoms with E-state index < -0.39 is 11.5 Å². The number of hydrogen-bond acceptors (Lipinski definition) is 3. The zero-order valence-corrected chi connectivity index (χ0v) is 11.8.